The highest BCUT2D eigenvalue weighted by atomic mass is 127. The van der Waals surface area contributed by atoms with Crippen LogP contribution in [-0.4, -0.2) is 31.8 Å². The van der Waals surface area contributed by atoms with Crippen molar-refractivity contribution in [2.75, 3.05) is 20.7 Å². The van der Waals surface area contributed by atoms with Crippen LogP contribution in [0.25, 0.3) is 0 Å². The Kier molecular flexibility index (Phi) is 9.08. The van der Waals surface area contributed by atoms with Gasteiger partial charge in [-0.1, -0.05) is 45.0 Å². The highest BCUT2D eigenvalue weighted by Gasteiger charge is 2.21. The van der Waals surface area contributed by atoms with Crippen LogP contribution in [0.5, 0.6) is 5.75 Å². The predicted molar refractivity (Wildman–Crippen MR) is 120 cm³/mol. The van der Waals surface area contributed by atoms with Gasteiger partial charge in [-0.15, -0.1) is 24.0 Å². The fourth-order valence-electron chi connectivity index (χ4n) is 2.52. The topological polar surface area (TPSA) is 71.7 Å². The van der Waals surface area contributed by atoms with Crippen molar-refractivity contribution in [1.29, 1.82) is 0 Å². The van der Waals surface area contributed by atoms with Crippen molar-refractivity contribution in [1.82, 2.24) is 15.8 Å². The summed E-state index contributed by atoms with van der Waals surface area (Å²) in [4.78, 5) is 4.28. The second kappa shape index (κ2) is 10.5. The summed E-state index contributed by atoms with van der Waals surface area (Å²) >= 11 is 0. The lowest BCUT2D eigenvalue weighted by molar-refractivity contribution is 0.371. The highest BCUT2D eigenvalue weighted by molar-refractivity contribution is 14.0. The van der Waals surface area contributed by atoms with E-state index >= 15 is 0 Å². The third-order valence-corrected chi connectivity index (χ3v) is 4.39. The van der Waals surface area contributed by atoms with Gasteiger partial charge < -0.3 is 19.9 Å². The number of aliphatic imine (C=N–C) groups is 1. The van der Waals surface area contributed by atoms with Gasteiger partial charge in [0, 0.05) is 25.1 Å². The summed E-state index contributed by atoms with van der Waals surface area (Å²) < 4.78 is 10.6. The van der Waals surface area contributed by atoms with E-state index in [1.54, 1.807) is 14.2 Å². The van der Waals surface area contributed by atoms with Crippen molar-refractivity contribution in [3.63, 3.8) is 0 Å². The fourth-order valence-corrected chi connectivity index (χ4v) is 2.52. The van der Waals surface area contributed by atoms with Gasteiger partial charge in [0.1, 0.15) is 5.75 Å². The molecule has 1 heterocycles. The SMILES string of the molecule is CN=C(NCc1cc(C(C)C)no1)NCC(C)(C)c1ccc(OC)cc1.I. The molecular formula is C20H31IN4O2. The van der Waals surface area contributed by atoms with E-state index in [4.69, 9.17) is 9.26 Å². The molecule has 2 rings (SSSR count). The molecule has 0 aliphatic carbocycles. The number of nitrogens with zero attached hydrogens (tertiary/aromatic N) is 2. The molecule has 0 atom stereocenters. The maximum Gasteiger partial charge on any atom is 0.191 e. The van der Waals surface area contributed by atoms with Crippen LogP contribution in [-0.2, 0) is 12.0 Å². The molecule has 7 heteroatoms. The number of guanidine groups is 1. The van der Waals surface area contributed by atoms with Gasteiger partial charge in [0.25, 0.3) is 0 Å². The van der Waals surface area contributed by atoms with Crippen molar-refractivity contribution in [3.05, 3.63) is 47.3 Å². The molecule has 2 aromatic rings. The highest BCUT2D eigenvalue weighted by Crippen LogP contribution is 2.24. The number of aromatic nitrogens is 1. The zero-order valence-electron chi connectivity index (χ0n) is 17.0. The van der Waals surface area contributed by atoms with Crippen molar-refractivity contribution < 1.29 is 9.26 Å². The third kappa shape index (κ3) is 6.71. The summed E-state index contributed by atoms with van der Waals surface area (Å²) in [5.74, 6) is 2.75. The molecule has 2 N–H and O–H groups in total. The van der Waals surface area contributed by atoms with Crippen molar-refractivity contribution in [2.45, 2.75) is 45.6 Å². The van der Waals surface area contributed by atoms with E-state index in [0.717, 1.165) is 29.7 Å². The summed E-state index contributed by atoms with van der Waals surface area (Å²) in [6.45, 7) is 9.86. The standard InChI is InChI=1S/C20H30N4O2.HI/c1-14(2)18-11-17(26-24-18)12-22-19(21-5)23-13-20(3,4)15-7-9-16(25-6)10-8-15;/h7-11,14H,12-13H2,1-6H3,(H2,21,22,23);1H. The van der Waals surface area contributed by atoms with Gasteiger partial charge in [0.15, 0.2) is 11.7 Å². The molecule has 0 aliphatic heterocycles. The summed E-state index contributed by atoms with van der Waals surface area (Å²) in [5, 5.41) is 10.7. The molecule has 150 valence electrons. The molecule has 0 radical (unpaired) electrons. The van der Waals surface area contributed by atoms with Gasteiger partial charge in [-0.3, -0.25) is 4.99 Å². The summed E-state index contributed by atoms with van der Waals surface area (Å²) in [5.41, 5.74) is 2.14. The van der Waals surface area contributed by atoms with Crippen LogP contribution in [0.1, 0.15) is 50.6 Å². The number of hydrogen-bond acceptors (Lipinski definition) is 4. The van der Waals surface area contributed by atoms with Crippen molar-refractivity contribution in [2.24, 2.45) is 4.99 Å². The Hall–Kier alpha value is -1.77. The molecule has 27 heavy (non-hydrogen) atoms. The van der Waals surface area contributed by atoms with Gasteiger partial charge in [0.2, 0.25) is 0 Å². The zero-order valence-corrected chi connectivity index (χ0v) is 19.3. The molecule has 6 nitrogen and oxygen atoms in total. The number of rotatable bonds is 7. The lowest BCUT2D eigenvalue weighted by atomic mass is 9.84. The first kappa shape index (κ1) is 23.3. The van der Waals surface area contributed by atoms with Gasteiger partial charge in [0.05, 0.1) is 19.3 Å². The second-order valence-electron chi connectivity index (χ2n) is 7.26. The lowest BCUT2D eigenvalue weighted by Gasteiger charge is -2.27. The average molecular weight is 486 g/mol. The number of methoxy groups -OCH3 is 1. The minimum atomic E-state index is -0.0546. The smallest absolute Gasteiger partial charge is 0.191 e. The van der Waals surface area contributed by atoms with Crippen LogP contribution in [0, 0.1) is 0 Å². The Balaban J connectivity index is 0.00000364. The number of halogens is 1. The molecule has 0 spiro atoms. The third-order valence-electron chi connectivity index (χ3n) is 4.39. The second-order valence-corrected chi connectivity index (χ2v) is 7.26. The largest absolute Gasteiger partial charge is 0.497 e. The van der Waals surface area contributed by atoms with E-state index in [1.807, 2.05) is 18.2 Å². The zero-order chi connectivity index (χ0) is 19.2. The van der Waals surface area contributed by atoms with Crippen molar-refractivity contribution >= 4 is 29.9 Å². The van der Waals surface area contributed by atoms with E-state index in [2.05, 4.69) is 60.6 Å². The Labute approximate surface area is 179 Å². The molecular weight excluding hydrogens is 455 g/mol. The van der Waals surface area contributed by atoms with Gasteiger partial charge in [-0.25, -0.2) is 0 Å². The van der Waals surface area contributed by atoms with Crippen LogP contribution >= 0.6 is 24.0 Å². The summed E-state index contributed by atoms with van der Waals surface area (Å²) in [6, 6.07) is 10.1. The Morgan fingerprint density at radius 2 is 1.89 bits per heavy atom. The minimum Gasteiger partial charge on any atom is -0.497 e. The van der Waals surface area contributed by atoms with Crippen LogP contribution in [0.3, 0.4) is 0 Å². The summed E-state index contributed by atoms with van der Waals surface area (Å²) in [6.07, 6.45) is 0. The number of nitrogens with one attached hydrogen (secondary N) is 2. The van der Waals surface area contributed by atoms with E-state index in [-0.39, 0.29) is 29.4 Å². The first-order valence-electron chi connectivity index (χ1n) is 8.90. The van der Waals surface area contributed by atoms with Gasteiger partial charge in [-0.05, 0) is 23.6 Å². The average Bonchev–Trinajstić information content (AvgIpc) is 3.11. The molecule has 0 bridgehead atoms. The molecule has 0 aliphatic rings. The van der Waals surface area contributed by atoms with Crippen LogP contribution in [0.15, 0.2) is 39.8 Å². The Morgan fingerprint density at radius 1 is 1.22 bits per heavy atom. The Bertz CT molecular complexity index is 724. The quantitative estimate of drug-likeness (QED) is 0.351. The molecule has 0 saturated heterocycles. The molecule has 0 saturated carbocycles. The minimum absolute atomic E-state index is 0. The maximum absolute atomic E-state index is 5.35. The fraction of sp³-hybridized carbons (Fsp3) is 0.500. The molecule has 0 amide bonds. The van der Waals surface area contributed by atoms with Crippen LogP contribution < -0.4 is 15.4 Å². The van der Waals surface area contributed by atoms with E-state index in [1.165, 1.54) is 5.56 Å². The Morgan fingerprint density at radius 3 is 2.41 bits per heavy atom. The first-order valence-corrected chi connectivity index (χ1v) is 8.90. The first-order chi connectivity index (χ1) is 12.4. The monoisotopic (exact) mass is 486 g/mol. The molecule has 1 aromatic carbocycles. The van der Waals surface area contributed by atoms with Crippen molar-refractivity contribution in [3.8, 4) is 5.75 Å². The van der Waals surface area contributed by atoms with Gasteiger partial charge in [-0.2, -0.15) is 0 Å². The molecule has 1 aromatic heterocycles. The molecule has 0 fully saturated rings. The summed E-state index contributed by atoms with van der Waals surface area (Å²) in [7, 11) is 3.44. The maximum atomic E-state index is 5.35. The number of benzene rings is 1. The van der Waals surface area contributed by atoms with E-state index in [0.29, 0.717) is 12.5 Å². The lowest BCUT2D eigenvalue weighted by Crippen LogP contribution is -2.43. The number of ether oxygens (including phenoxy) is 1. The van der Waals surface area contributed by atoms with Gasteiger partial charge >= 0.3 is 0 Å². The van der Waals surface area contributed by atoms with E-state index < -0.39 is 0 Å². The predicted octanol–water partition coefficient (Wildman–Crippen LogP) is 4.07. The normalized spacial score (nSPS) is 11.9. The molecule has 0 unspecified atom stereocenters. The number of hydrogen-bond donors (Lipinski definition) is 2. The van der Waals surface area contributed by atoms with Crippen LogP contribution in [0.4, 0.5) is 0 Å². The van der Waals surface area contributed by atoms with Crippen LogP contribution in [0.2, 0.25) is 0 Å². The van der Waals surface area contributed by atoms with E-state index in [9.17, 15) is 0 Å².